The molecular formula is C10H19N3. The van der Waals surface area contributed by atoms with E-state index in [1.165, 1.54) is 0 Å². The number of hydrogen-bond acceptors (Lipinski definition) is 3. The van der Waals surface area contributed by atoms with E-state index >= 15 is 0 Å². The molecule has 0 aromatic heterocycles. The Hall–Kier alpha value is -0.560. The molecule has 0 aromatic rings. The van der Waals surface area contributed by atoms with Crippen LogP contribution in [0.2, 0.25) is 0 Å². The Morgan fingerprint density at radius 1 is 1.38 bits per heavy atom. The van der Waals surface area contributed by atoms with Gasteiger partial charge in [0.15, 0.2) is 0 Å². The number of nitrogens with zero attached hydrogens (tertiary/aromatic N) is 2. The number of piperazine rings is 1. The molecular weight excluding hydrogens is 162 g/mol. The molecule has 1 saturated heterocycles. The van der Waals surface area contributed by atoms with Crippen molar-refractivity contribution in [1.29, 1.82) is 0 Å². The highest BCUT2D eigenvalue weighted by Gasteiger charge is 2.15. The molecule has 0 spiro atoms. The summed E-state index contributed by atoms with van der Waals surface area (Å²) in [6.45, 7) is 6.47. The molecule has 1 fully saturated rings. The van der Waals surface area contributed by atoms with Crippen molar-refractivity contribution in [1.82, 2.24) is 15.3 Å². The Kier molecular flexibility index (Phi) is 4.23. The van der Waals surface area contributed by atoms with Gasteiger partial charge in [0.2, 0.25) is 0 Å². The van der Waals surface area contributed by atoms with Crippen molar-refractivity contribution in [2.24, 2.45) is 0 Å². The molecule has 0 bridgehead atoms. The second kappa shape index (κ2) is 5.23. The van der Waals surface area contributed by atoms with Crippen molar-refractivity contribution in [3.8, 4) is 12.3 Å². The summed E-state index contributed by atoms with van der Waals surface area (Å²) in [6.07, 6.45) is 6.37. The molecule has 1 unspecified atom stereocenters. The van der Waals surface area contributed by atoms with E-state index in [1.807, 2.05) is 0 Å². The minimum absolute atomic E-state index is 0.198. The van der Waals surface area contributed by atoms with Gasteiger partial charge in [-0.1, -0.05) is 12.8 Å². The van der Waals surface area contributed by atoms with Crippen LogP contribution in [0.4, 0.5) is 0 Å². The monoisotopic (exact) mass is 181 g/mol. The third-order valence-corrected chi connectivity index (χ3v) is 2.45. The summed E-state index contributed by atoms with van der Waals surface area (Å²) >= 11 is 0. The maximum absolute atomic E-state index is 5.38. The molecule has 3 heteroatoms. The molecule has 0 aliphatic carbocycles. The van der Waals surface area contributed by atoms with Crippen LogP contribution in [-0.4, -0.2) is 49.2 Å². The minimum atomic E-state index is 0.198. The normalized spacial score (nSPS) is 22.5. The fourth-order valence-corrected chi connectivity index (χ4v) is 1.40. The quantitative estimate of drug-likeness (QED) is 0.625. The first kappa shape index (κ1) is 10.5. The van der Waals surface area contributed by atoms with Gasteiger partial charge in [-0.05, 0) is 13.5 Å². The highest BCUT2D eigenvalue weighted by atomic mass is 15.5. The van der Waals surface area contributed by atoms with Gasteiger partial charge in [0.05, 0.1) is 6.04 Å². The van der Waals surface area contributed by atoms with E-state index in [0.717, 1.165) is 32.6 Å². The summed E-state index contributed by atoms with van der Waals surface area (Å²) in [5.74, 6) is 2.74. The maximum Gasteiger partial charge on any atom is 0.0817 e. The van der Waals surface area contributed by atoms with E-state index in [2.05, 4.69) is 35.2 Å². The van der Waals surface area contributed by atoms with Crippen molar-refractivity contribution < 1.29 is 0 Å². The highest BCUT2D eigenvalue weighted by Crippen LogP contribution is 1.98. The van der Waals surface area contributed by atoms with E-state index in [-0.39, 0.29) is 6.04 Å². The minimum Gasteiger partial charge on any atom is -0.304 e. The Balaban J connectivity index is 2.26. The van der Waals surface area contributed by atoms with Crippen LogP contribution in [0.5, 0.6) is 0 Å². The second-order valence-electron chi connectivity index (χ2n) is 3.55. The van der Waals surface area contributed by atoms with Gasteiger partial charge in [-0.2, -0.15) is 0 Å². The Morgan fingerprint density at radius 2 is 2.00 bits per heavy atom. The van der Waals surface area contributed by atoms with Crippen molar-refractivity contribution >= 4 is 0 Å². The van der Waals surface area contributed by atoms with Crippen LogP contribution in [0, 0.1) is 12.3 Å². The van der Waals surface area contributed by atoms with Crippen molar-refractivity contribution in [3.05, 3.63) is 0 Å². The fourth-order valence-electron chi connectivity index (χ4n) is 1.40. The van der Waals surface area contributed by atoms with Crippen molar-refractivity contribution in [3.63, 3.8) is 0 Å². The van der Waals surface area contributed by atoms with Crippen LogP contribution in [0.15, 0.2) is 0 Å². The molecule has 1 rings (SSSR count). The number of nitrogens with one attached hydrogen (secondary N) is 1. The second-order valence-corrected chi connectivity index (χ2v) is 3.55. The molecule has 0 radical (unpaired) electrons. The summed E-state index contributed by atoms with van der Waals surface area (Å²) in [5.41, 5.74) is 3.35. The number of likely N-dealkylation sites (N-methyl/N-ethyl adjacent to an activating group) is 1. The van der Waals surface area contributed by atoms with Gasteiger partial charge in [-0.3, -0.25) is 0 Å². The van der Waals surface area contributed by atoms with Crippen LogP contribution in [0.1, 0.15) is 13.3 Å². The van der Waals surface area contributed by atoms with E-state index < -0.39 is 0 Å². The molecule has 74 valence electrons. The van der Waals surface area contributed by atoms with Gasteiger partial charge in [-0.25, -0.2) is 10.4 Å². The van der Waals surface area contributed by atoms with Crippen LogP contribution in [0.3, 0.4) is 0 Å². The topological polar surface area (TPSA) is 18.5 Å². The van der Waals surface area contributed by atoms with Crippen LogP contribution in [0.25, 0.3) is 0 Å². The van der Waals surface area contributed by atoms with Gasteiger partial charge < -0.3 is 4.90 Å². The lowest BCUT2D eigenvalue weighted by atomic mass is 10.2. The first-order valence-corrected chi connectivity index (χ1v) is 4.92. The Morgan fingerprint density at radius 3 is 2.46 bits per heavy atom. The van der Waals surface area contributed by atoms with Gasteiger partial charge >= 0.3 is 0 Å². The smallest absolute Gasteiger partial charge is 0.0817 e. The first-order chi connectivity index (χ1) is 6.26. The SMILES string of the molecule is C#CC(CC)NN1CCN(C)CC1. The van der Waals surface area contributed by atoms with Gasteiger partial charge in [0.25, 0.3) is 0 Å². The fraction of sp³-hybridized carbons (Fsp3) is 0.800. The van der Waals surface area contributed by atoms with E-state index in [1.54, 1.807) is 0 Å². The number of rotatable bonds is 3. The lowest BCUT2D eigenvalue weighted by molar-refractivity contribution is 0.0953. The largest absolute Gasteiger partial charge is 0.304 e. The molecule has 1 N–H and O–H groups in total. The molecule has 13 heavy (non-hydrogen) atoms. The lowest BCUT2D eigenvalue weighted by Gasteiger charge is -2.34. The van der Waals surface area contributed by atoms with Crippen LogP contribution < -0.4 is 5.43 Å². The lowest BCUT2D eigenvalue weighted by Crippen LogP contribution is -2.53. The molecule has 1 aliphatic rings. The third kappa shape index (κ3) is 3.35. The van der Waals surface area contributed by atoms with Gasteiger partial charge in [-0.15, -0.1) is 6.42 Å². The summed E-state index contributed by atoms with van der Waals surface area (Å²) in [4.78, 5) is 2.33. The summed E-state index contributed by atoms with van der Waals surface area (Å²) in [7, 11) is 2.15. The van der Waals surface area contributed by atoms with Crippen LogP contribution in [-0.2, 0) is 0 Å². The predicted molar refractivity (Wildman–Crippen MR) is 55.1 cm³/mol. The van der Waals surface area contributed by atoms with Crippen LogP contribution >= 0.6 is 0 Å². The maximum atomic E-state index is 5.38. The third-order valence-electron chi connectivity index (χ3n) is 2.45. The molecule has 3 nitrogen and oxygen atoms in total. The zero-order valence-corrected chi connectivity index (χ0v) is 8.58. The summed E-state index contributed by atoms with van der Waals surface area (Å²) in [5, 5.41) is 2.23. The molecule has 1 aliphatic heterocycles. The molecule has 0 aromatic carbocycles. The average Bonchev–Trinajstić information content (AvgIpc) is 2.17. The van der Waals surface area contributed by atoms with E-state index in [9.17, 15) is 0 Å². The Bertz CT molecular complexity index is 177. The summed E-state index contributed by atoms with van der Waals surface area (Å²) in [6, 6.07) is 0.198. The van der Waals surface area contributed by atoms with E-state index in [0.29, 0.717) is 0 Å². The zero-order valence-electron chi connectivity index (χ0n) is 8.58. The van der Waals surface area contributed by atoms with Crippen molar-refractivity contribution in [2.45, 2.75) is 19.4 Å². The zero-order chi connectivity index (χ0) is 9.68. The number of hydrazine groups is 1. The highest BCUT2D eigenvalue weighted by molar-refractivity contribution is 4.97. The summed E-state index contributed by atoms with van der Waals surface area (Å²) < 4.78 is 0. The molecule has 0 saturated carbocycles. The van der Waals surface area contributed by atoms with Gasteiger partial charge in [0.1, 0.15) is 0 Å². The number of terminal acetylenes is 1. The standard InChI is InChI=1S/C10H19N3/c1-4-10(5-2)11-13-8-6-12(3)7-9-13/h1,10-11H,5-9H2,2-3H3. The van der Waals surface area contributed by atoms with E-state index in [4.69, 9.17) is 6.42 Å². The number of hydrogen-bond donors (Lipinski definition) is 1. The Labute approximate surface area is 81.1 Å². The predicted octanol–water partition coefficient (Wildman–Crippen LogP) is 0.150. The molecule has 0 amide bonds. The molecule has 1 heterocycles. The first-order valence-electron chi connectivity index (χ1n) is 4.92. The molecule has 1 atom stereocenters. The van der Waals surface area contributed by atoms with Gasteiger partial charge in [0, 0.05) is 26.2 Å². The van der Waals surface area contributed by atoms with Crippen molar-refractivity contribution in [2.75, 3.05) is 33.2 Å². The average molecular weight is 181 g/mol.